The van der Waals surface area contributed by atoms with E-state index in [1.54, 1.807) is 0 Å². The smallest absolute Gasteiger partial charge is 0.253 e. The Bertz CT molecular complexity index is 517. The maximum Gasteiger partial charge on any atom is 0.253 e. The number of carbonyl (C=O) groups excluding carboxylic acids is 2. The first-order chi connectivity index (χ1) is 9.50. The molecule has 0 fully saturated rings. The Kier molecular flexibility index (Phi) is 4.60. The first-order valence-corrected chi connectivity index (χ1v) is 7.18. The van der Waals surface area contributed by atoms with Crippen molar-refractivity contribution >= 4 is 11.7 Å². The van der Waals surface area contributed by atoms with E-state index in [2.05, 4.69) is 15.2 Å². The minimum atomic E-state index is -0.0616. The van der Waals surface area contributed by atoms with Crippen LogP contribution < -0.4 is 5.32 Å². The number of hydrogen-bond acceptors (Lipinski definition) is 3. The Balaban J connectivity index is 2.05. The summed E-state index contributed by atoms with van der Waals surface area (Å²) in [6.07, 6.45) is 3.15. The molecule has 5 heteroatoms. The van der Waals surface area contributed by atoms with Gasteiger partial charge in [0.15, 0.2) is 5.78 Å². The number of aryl methyl sites for hydroxylation is 1. The van der Waals surface area contributed by atoms with Crippen LogP contribution in [0.1, 0.15) is 51.4 Å². The van der Waals surface area contributed by atoms with Gasteiger partial charge in [-0.3, -0.25) is 9.59 Å². The first kappa shape index (κ1) is 14.8. The van der Waals surface area contributed by atoms with Crippen molar-refractivity contribution in [2.45, 2.75) is 32.6 Å². The second-order valence-electron chi connectivity index (χ2n) is 5.67. The molecule has 0 aromatic carbocycles. The van der Waals surface area contributed by atoms with Crippen LogP contribution in [0.5, 0.6) is 0 Å². The van der Waals surface area contributed by atoms with E-state index in [1.165, 1.54) is 0 Å². The molecule has 1 aromatic heterocycles. The highest BCUT2D eigenvalue weighted by atomic mass is 16.1. The molecule has 2 N–H and O–H groups in total. The Hall–Kier alpha value is -1.62. The second-order valence-corrected chi connectivity index (χ2v) is 5.67. The predicted molar refractivity (Wildman–Crippen MR) is 78.3 cm³/mol. The molecule has 0 saturated heterocycles. The van der Waals surface area contributed by atoms with E-state index in [4.69, 9.17) is 0 Å². The number of aromatic amines is 1. The SMILES string of the molecule is Cc1[nH]c2c(c1C(=O)NCCCN(C)C)CCCC2=O. The summed E-state index contributed by atoms with van der Waals surface area (Å²) in [5, 5.41) is 2.95. The molecule has 1 heterocycles. The van der Waals surface area contributed by atoms with Gasteiger partial charge in [-0.25, -0.2) is 0 Å². The zero-order valence-corrected chi connectivity index (χ0v) is 12.5. The molecule has 110 valence electrons. The van der Waals surface area contributed by atoms with Gasteiger partial charge < -0.3 is 15.2 Å². The molecule has 1 aliphatic rings. The van der Waals surface area contributed by atoms with Crippen LogP contribution in [0.2, 0.25) is 0 Å². The van der Waals surface area contributed by atoms with Crippen LogP contribution in [0.3, 0.4) is 0 Å². The lowest BCUT2D eigenvalue weighted by Crippen LogP contribution is -2.28. The molecular weight excluding hydrogens is 254 g/mol. The van der Waals surface area contributed by atoms with Crippen LogP contribution in [0.15, 0.2) is 0 Å². The van der Waals surface area contributed by atoms with E-state index in [1.807, 2.05) is 21.0 Å². The van der Waals surface area contributed by atoms with Gasteiger partial charge in [-0.05, 0) is 52.4 Å². The quantitative estimate of drug-likeness (QED) is 0.802. The molecule has 0 unspecified atom stereocenters. The minimum absolute atomic E-state index is 0.0616. The largest absolute Gasteiger partial charge is 0.355 e. The Labute approximate surface area is 119 Å². The van der Waals surface area contributed by atoms with Crippen molar-refractivity contribution in [3.05, 3.63) is 22.5 Å². The number of carbonyl (C=O) groups is 2. The van der Waals surface area contributed by atoms with Crippen LogP contribution in [0, 0.1) is 6.92 Å². The summed E-state index contributed by atoms with van der Waals surface area (Å²) in [7, 11) is 4.03. The van der Waals surface area contributed by atoms with E-state index in [9.17, 15) is 9.59 Å². The zero-order chi connectivity index (χ0) is 14.7. The zero-order valence-electron chi connectivity index (χ0n) is 12.5. The van der Waals surface area contributed by atoms with E-state index in [0.717, 1.165) is 37.1 Å². The molecule has 0 saturated carbocycles. The number of rotatable bonds is 5. The van der Waals surface area contributed by atoms with Crippen molar-refractivity contribution in [2.75, 3.05) is 27.2 Å². The first-order valence-electron chi connectivity index (χ1n) is 7.18. The Morgan fingerprint density at radius 2 is 2.10 bits per heavy atom. The van der Waals surface area contributed by atoms with Crippen molar-refractivity contribution < 1.29 is 9.59 Å². The molecule has 5 nitrogen and oxygen atoms in total. The normalized spacial score (nSPS) is 14.5. The number of amides is 1. The van der Waals surface area contributed by atoms with Crippen molar-refractivity contribution in [3.63, 3.8) is 0 Å². The summed E-state index contributed by atoms with van der Waals surface area (Å²) in [5.41, 5.74) is 3.03. The number of ketones is 1. The molecule has 0 aliphatic heterocycles. The van der Waals surface area contributed by atoms with Crippen molar-refractivity contribution in [2.24, 2.45) is 0 Å². The van der Waals surface area contributed by atoms with Crippen LogP contribution in [0.25, 0.3) is 0 Å². The Morgan fingerprint density at radius 3 is 2.80 bits per heavy atom. The van der Waals surface area contributed by atoms with Gasteiger partial charge in [-0.15, -0.1) is 0 Å². The molecule has 0 radical (unpaired) electrons. The molecule has 1 amide bonds. The Morgan fingerprint density at radius 1 is 1.35 bits per heavy atom. The third kappa shape index (κ3) is 3.10. The van der Waals surface area contributed by atoms with Crippen LogP contribution >= 0.6 is 0 Å². The van der Waals surface area contributed by atoms with Gasteiger partial charge in [0.05, 0.1) is 11.3 Å². The van der Waals surface area contributed by atoms with Crippen LogP contribution in [0.4, 0.5) is 0 Å². The number of fused-ring (bicyclic) bond motifs is 1. The topological polar surface area (TPSA) is 65.2 Å². The van der Waals surface area contributed by atoms with Crippen molar-refractivity contribution in [1.82, 2.24) is 15.2 Å². The van der Waals surface area contributed by atoms with Gasteiger partial charge in [-0.2, -0.15) is 0 Å². The average molecular weight is 277 g/mol. The molecule has 0 bridgehead atoms. The molecular formula is C15H23N3O2. The third-order valence-corrected chi connectivity index (χ3v) is 3.70. The lowest BCUT2D eigenvalue weighted by Gasteiger charge is -2.13. The number of H-pyrrole nitrogens is 1. The highest BCUT2D eigenvalue weighted by Gasteiger charge is 2.26. The average Bonchev–Trinajstić information content (AvgIpc) is 2.72. The molecule has 1 aliphatic carbocycles. The highest BCUT2D eigenvalue weighted by molar-refractivity contribution is 6.04. The third-order valence-electron chi connectivity index (χ3n) is 3.70. The van der Waals surface area contributed by atoms with Gasteiger partial charge in [0.2, 0.25) is 0 Å². The van der Waals surface area contributed by atoms with Crippen molar-refractivity contribution in [1.29, 1.82) is 0 Å². The summed E-state index contributed by atoms with van der Waals surface area (Å²) >= 11 is 0. The fourth-order valence-electron chi connectivity index (χ4n) is 2.71. The molecule has 1 aromatic rings. The number of nitrogens with zero attached hydrogens (tertiary/aromatic N) is 1. The van der Waals surface area contributed by atoms with Crippen LogP contribution in [-0.4, -0.2) is 48.8 Å². The summed E-state index contributed by atoms with van der Waals surface area (Å²) in [4.78, 5) is 29.3. The minimum Gasteiger partial charge on any atom is -0.355 e. The van der Waals surface area contributed by atoms with E-state index in [-0.39, 0.29) is 11.7 Å². The van der Waals surface area contributed by atoms with E-state index in [0.29, 0.717) is 24.2 Å². The van der Waals surface area contributed by atoms with Gasteiger partial charge in [0.25, 0.3) is 5.91 Å². The standard InChI is InChI=1S/C15H23N3O2/c1-10-13(15(20)16-8-5-9-18(2)3)11-6-4-7-12(19)14(11)17-10/h17H,4-9H2,1-3H3,(H,16,20). The highest BCUT2D eigenvalue weighted by Crippen LogP contribution is 2.26. The summed E-state index contributed by atoms with van der Waals surface area (Å²) in [6.45, 7) is 3.47. The number of Topliss-reactive ketones (excluding diaryl/α,β-unsaturated/α-hetero) is 1. The monoisotopic (exact) mass is 277 g/mol. The van der Waals surface area contributed by atoms with Gasteiger partial charge in [0, 0.05) is 18.7 Å². The summed E-state index contributed by atoms with van der Waals surface area (Å²) in [6, 6.07) is 0. The fraction of sp³-hybridized carbons (Fsp3) is 0.600. The van der Waals surface area contributed by atoms with Crippen LogP contribution in [-0.2, 0) is 6.42 Å². The van der Waals surface area contributed by atoms with E-state index >= 15 is 0 Å². The summed E-state index contributed by atoms with van der Waals surface area (Å²) < 4.78 is 0. The molecule has 20 heavy (non-hydrogen) atoms. The van der Waals surface area contributed by atoms with Gasteiger partial charge in [0.1, 0.15) is 0 Å². The number of hydrogen-bond donors (Lipinski definition) is 2. The molecule has 0 spiro atoms. The fourth-order valence-corrected chi connectivity index (χ4v) is 2.71. The predicted octanol–water partition coefficient (Wildman–Crippen LogP) is 1.52. The van der Waals surface area contributed by atoms with Crippen molar-refractivity contribution in [3.8, 4) is 0 Å². The lowest BCUT2D eigenvalue weighted by molar-refractivity contribution is 0.0951. The van der Waals surface area contributed by atoms with Gasteiger partial charge in [-0.1, -0.05) is 0 Å². The van der Waals surface area contributed by atoms with E-state index < -0.39 is 0 Å². The number of aromatic nitrogens is 1. The maximum atomic E-state index is 12.3. The summed E-state index contributed by atoms with van der Waals surface area (Å²) in [5.74, 6) is 0.0643. The molecule has 0 atom stereocenters. The lowest BCUT2D eigenvalue weighted by atomic mass is 9.93. The second kappa shape index (κ2) is 6.22. The maximum absolute atomic E-state index is 12.3. The number of nitrogens with one attached hydrogen (secondary N) is 2. The molecule has 2 rings (SSSR count). The van der Waals surface area contributed by atoms with Gasteiger partial charge >= 0.3 is 0 Å².